The van der Waals surface area contributed by atoms with Crippen LogP contribution in [-0.2, 0) is 4.79 Å². The number of aliphatic hydroxyl groups excluding tert-OH is 1. The summed E-state index contributed by atoms with van der Waals surface area (Å²) in [5.41, 5.74) is 0. The number of carbonyl (C=O) groups excluding carboxylic acids is 1. The second kappa shape index (κ2) is 3.83. The van der Waals surface area contributed by atoms with Gasteiger partial charge in [0.15, 0.2) is 0 Å². The zero-order chi connectivity index (χ0) is 8.27. The number of aldehydes is 1. The number of rotatable bonds is 3. The lowest BCUT2D eigenvalue weighted by Gasteiger charge is -2.11. The minimum Gasteiger partial charge on any atom is -0.385 e. The molecule has 1 aliphatic carbocycles. The average molecular weight is 157 g/mol. The van der Waals surface area contributed by atoms with Gasteiger partial charge < -0.3 is 15.2 Å². The smallest absolute Gasteiger partial charge is 0.148 e. The highest BCUT2D eigenvalue weighted by atomic mass is 16.3. The fraction of sp³-hybridized carbons (Fsp3) is 0.875. The van der Waals surface area contributed by atoms with Crippen molar-refractivity contribution in [2.45, 2.75) is 31.4 Å². The lowest BCUT2D eigenvalue weighted by atomic mass is 10.0. The highest BCUT2D eigenvalue weighted by Crippen LogP contribution is 2.27. The van der Waals surface area contributed by atoms with Crippen molar-refractivity contribution in [3.05, 3.63) is 0 Å². The first-order valence-corrected chi connectivity index (χ1v) is 4.08. The molecule has 1 fully saturated rings. The predicted octanol–water partition coefficient (Wildman–Crippen LogP) is -0.0657. The van der Waals surface area contributed by atoms with Crippen LogP contribution in [0, 0.1) is 5.92 Å². The zero-order valence-electron chi connectivity index (χ0n) is 6.79. The molecule has 0 spiro atoms. The molecule has 0 aromatic heterocycles. The Morgan fingerprint density at radius 1 is 1.64 bits per heavy atom. The van der Waals surface area contributed by atoms with Gasteiger partial charge in [0, 0.05) is 6.04 Å². The molecule has 3 atom stereocenters. The molecule has 0 saturated heterocycles. The summed E-state index contributed by atoms with van der Waals surface area (Å²) in [5.74, 6) is 0.185. The Kier molecular flexibility index (Phi) is 3.02. The predicted molar refractivity (Wildman–Crippen MR) is 42.3 cm³/mol. The molecule has 1 rings (SSSR count). The summed E-state index contributed by atoms with van der Waals surface area (Å²) in [4.78, 5) is 10.2. The number of nitrogens with one attached hydrogen (secondary N) is 1. The third-order valence-corrected chi connectivity index (χ3v) is 2.50. The second-order valence-electron chi connectivity index (χ2n) is 3.19. The molecular formula is C8H15NO2. The third-order valence-electron chi connectivity index (χ3n) is 2.50. The van der Waals surface area contributed by atoms with Gasteiger partial charge >= 0.3 is 0 Å². The summed E-state index contributed by atoms with van der Waals surface area (Å²) in [7, 11) is 1.92. The molecule has 0 bridgehead atoms. The van der Waals surface area contributed by atoms with Crippen molar-refractivity contribution in [2.75, 3.05) is 7.05 Å². The van der Waals surface area contributed by atoms with E-state index >= 15 is 0 Å². The maximum Gasteiger partial charge on any atom is 0.148 e. The van der Waals surface area contributed by atoms with Crippen molar-refractivity contribution in [2.24, 2.45) is 5.92 Å². The largest absolute Gasteiger partial charge is 0.385 e. The Hall–Kier alpha value is -0.410. The van der Waals surface area contributed by atoms with E-state index in [2.05, 4.69) is 5.32 Å². The summed E-state index contributed by atoms with van der Waals surface area (Å²) >= 11 is 0. The summed E-state index contributed by atoms with van der Waals surface area (Å²) < 4.78 is 0. The van der Waals surface area contributed by atoms with Gasteiger partial charge in [-0.2, -0.15) is 0 Å². The van der Waals surface area contributed by atoms with Crippen molar-refractivity contribution in [1.29, 1.82) is 0 Å². The van der Waals surface area contributed by atoms with Gasteiger partial charge in [-0.05, 0) is 32.2 Å². The van der Waals surface area contributed by atoms with Gasteiger partial charge in [-0.1, -0.05) is 0 Å². The Bertz CT molecular complexity index is 138. The molecule has 11 heavy (non-hydrogen) atoms. The first-order valence-electron chi connectivity index (χ1n) is 4.08. The lowest BCUT2D eigenvalue weighted by molar-refractivity contribution is -0.117. The highest BCUT2D eigenvalue weighted by molar-refractivity contribution is 5.56. The molecule has 3 heteroatoms. The van der Waals surface area contributed by atoms with Crippen LogP contribution in [0.3, 0.4) is 0 Å². The fourth-order valence-electron chi connectivity index (χ4n) is 1.70. The normalized spacial score (nSPS) is 33.6. The van der Waals surface area contributed by atoms with Gasteiger partial charge in [0.25, 0.3) is 0 Å². The Balaban J connectivity index is 2.34. The quantitative estimate of drug-likeness (QED) is 0.564. The Labute approximate surface area is 66.8 Å². The van der Waals surface area contributed by atoms with Crippen molar-refractivity contribution in [3.63, 3.8) is 0 Å². The maximum absolute atomic E-state index is 10.2. The van der Waals surface area contributed by atoms with Crippen molar-refractivity contribution >= 4 is 6.29 Å². The van der Waals surface area contributed by atoms with Gasteiger partial charge in [-0.15, -0.1) is 0 Å². The van der Waals surface area contributed by atoms with E-state index in [0.717, 1.165) is 19.3 Å². The van der Waals surface area contributed by atoms with E-state index in [1.54, 1.807) is 0 Å². The average Bonchev–Trinajstić information content (AvgIpc) is 2.50. The van der Waals surface area contributed by atoms with Gasteiger partial charge in [0.1, 0.15) is 12.4 Å². The monoisotopic (exact) mass is 157 g/mol. The van der Waals surface area contributed by atoms with E-state index in [1.165, 1.54) is 0 Å². The van der Waals surface area contributed by atoms with Crippen LogP contribution >= 0.6 is 0 Å². The summed E-state index contributed by atoms with van der Waals surface area (Å²) in [6.07, 6.45) is 2.87. The van der Waals surface area contributed by atoms with Crippen LogP contribution in [0.25, 0.3) is 0 Å². The maximum atomic E-state index is 10.2. The highest BCUT2D eigenvalue weighted by Gasteiger charge is 2.28. The molecule has 0 aromatic rings. The zero-order valence-corrected chi connectivity index (χ0v) is 6.79. The van der Waals surface area contributed by atoms with Crippen molar-refractivity contribution in [3.8, 4) is 0 Å². The van der Waals surface area contributed by atoms with Crippen LogP contribution in [0.2, 0.25) is 0 Å². The molecule has 3 nitrogen and oxygen atoms in total. The van der Waals surface area contributed by atoms with Crippen molar-refractivity contribution in [1.82, 2.24) is 5.32 Å². The van der Waals surface area contributed by atoms with Crippen LogP contribution in [0.1, 0.15) is 19.3 Å². The SMILES string of the molecule is CNC1CCC(C(O)C=O)C1. The van der Waals surface area contributed by atoms with Crippen LogP contribution in [0.4, 0.5) is 0 Å². The Morgan fingerprint density at radius 3 is 2.82 bits per heavy atom. The minimum absolute atomic E-state index is 0.185. The summed E-state index contributed by atoms with van der Waals surface area (Å²) in [6.45, 7) is 0. The number of hydrogen-bond acceptors (Lipinski definition) is 3. The van der Waals surface area contributed by atoms with Crippen LogP contribution in [0.15, 0.2) is 0 Å². The van der Waals surface area contributed by atoms with E-state index in [4.69, 9.17) is 0 Å². The number of aliphatic hydroxyl groups is 1. The van der Waals surface area contributed by atoms with E-state index < -0.39 is 6.10 Å². The Morgan fingerprint density at radius 2 is 2.36 bits per heavy atom. The third kappa shape index (κ3) is 2.01. The van der Waals surface area contributed by atoms with E-state index in [0.29, 0.717) is 12.3 Å². The second-order valence-corrected chi connectivity index (χ2v) is 3.19. The molecule has 2 N–H and O–H groups in total. The van der Waals surface area contributed by atoms with Crippen LogP contribution in [-0.4, -0.2) is 30.6 Å². The molecular weight excluding hydrogens is 142 g/mol. The molecule has 1 aliphatic rings. The van der Waals surface area contributed by atoms with Gasteiger partial charge in [0.05, 0.1) is 0 Å². The first kappa shape index (κ1) is 8.68. The number of carbonyl (C=O) groups is 1. The van der Waals surface area contributed by atoms with Gasteiger partial charge in [-0.3, -0.25) is 0 Å². The molecule has 0 aromatic carbocycles. The topological polar surface area (TPSA) is 49.3 Å². The fourth-order valence-corrected chi connectivity index (χ4v) is 1.70. The molecule has 64 valence electrons. The first-order chi connectivity index (χ1) is 5.27. The summed E-state index contributed by atoms with van der Waals surface area (Å²) in [6, 6.07) is 0.495. The molecule has 0 aliphatic heterocycles. The molecule has 0 heterocycles. The molecule has 0 radical (unpaired) electrons. The minimum atomic E-state index is -0.742. The summed E-state index contributed by atoms with van der Waals surface area (Å²) in [5, 5.41) is 12.3. The number of hydrogen-bond donors (Lipinski definition) is 2. The van der Waals surface area contributed by atoms with E-state index in [9.17, 15) is 9.90 Å². The van der Waals surface area contributed by atoms with Crippen LogP contribution in [0.5, 0.6) is 0 Å². The van der Waals surface area contributed by atoms with Crippen molar-refractivity contribution < 1.29 is 9.90 Å². The molecule has 0 amide bonds. The van der Waals surface area contributed by atoms with E-state index in [-0.39, 0.29) is 5.92 Å². The van der Waals surface area contributed by atoms with E-state index in [1.807, 2.05) is 7.05 Å². The van der Waals surface area contributed by atoms with Crippen LogP contribution < -0.4 is 5.32 Å². The molecule has 1 saturated carbocycles. The van der Waals surface area contributed by atoms with Gasteiger partial charge in [-0.25, -0.2) is 0 Å². The lowest BCUT2D eigenvalue weighted by Crippen LogP contribution is -2.24. The van der Waals surface area contributed by atoms with Gasteiger partial charge in [0.2, 0.25) is 0 Å². The standard InChI is InChI=1S/C8H15NO2/c1-9-7-3-2-6(4-7)8(11)5-10/h5-9,11H,2-4H2,1H3. The molecule has 3 unspecified atom stereocenters.